The van der Waals surface area contributed by atoms with Crippen molar-refractivity contribution < 1.29 is 9.18 Å². The van der Waals surface area contributed by atoms with Crippen molar-refractivity contribution >= 4 is 5.91 Å². The van der Waals surface area contributed by atoms with Crippen molar-refractivity contribution in [1.82, 2.24) is 4.90 Å². The molecule has 0 aliphatic carbocycles. The van der Waals surface area contributed by atoms with E-state index in [-0.39, 0.29) is 29.7 Å². The van der Waals surface area contributed by atoms with Gasteiger partial charge in [-0.1, -0.05) is 26.0 Å². The van der Waals surface area contributed by atoms with Crippen molar-refractivity contribution in [2.45, 2.75) is 39.3 Å². The SMILES string of the molecule is CC(N)C(C)C(=O)N1CCC(C)C1c1cccc(F)c1. The second-order valence-corrected chi connectivity index (χ2v) is 5.95. The van der Waals surface area contributed by atoms with Crippen molar-refractivity contribution in [3.63, 3.8) is 0 Å². The summed E-state index contributed by atoms with van der Waals surface area (Å²) in [4.78, 5) is 14.4. The highest BCUT2D eigenvalue weighted by Crippen LogP contribution is 2.38. The lowest BCUT2D eigenvalue weighted by Gasteiger charge is -2.31. The van der Waals surface area contributed by atoms with Crippen LogP contribution in [0.25, 0.3) is 0 Å². The topological polar surface area (TPSA) is 46.3 Å². The Morgan fingerprint density at radius 1 is 1.45 bits per heavy atom. The molecular weight excluding hydrogens is 255 g/mol. The number of benzene rings is 1. The zero-order chi connectivity index (χ0) is 14.9. The fraction of sp³-hybridized carbons (Fsp3) is 0.562. The summed E-state index contributed by atoms with van der Waals surface area (Å²) >= 11 is 0. The fourth-order valence-corrected chi connectivity index (χ4v) is 2.88. The van der Waals surface area contributed by atoms with Crippen LogP contribution in [0.3, 0.4) is 0 Å². The van der Waals surface area contributed by atoms with Crippen molar-refractivity contribution in [1.29, 1.82) is 0 Å². The summed E-state index contributed by atoms with van der Waals surface area (Å²) in [5, 5.41) is 0. The molecule has 0 bridgehead atoms. The highest BCUT2D eigenvalue weighted by atomic mass is 19.1. The Bertz CT molecular complexity index is 489. The molecule has 1 amide bonds. The van der Waals surface area contributed by atoms with Gasteiger partial charge in [0.25, 0.3) is 0 Å². The number of halogens is 1. The second kappa shape index (κ2) is 5.92. The number of amides is 1. The van der Waals surface area contributed by atoms with E-state index in [1.54, 1.807) is 6.07 Å². The Hall–Kier alpha value is -1.42. The number of hydrogen-bond donors (Lipinski definition) is 1. The second-order valence-electron chi connectivity index (χ2n) is 5.95. The maximum absolute atomic E-state index is 13.4. The van der Waals surface area contributed by atoms with Gasteiger partial charge in [-0.3, -0.25) is 4.79 Å². The van der Waals surface area contributed by atoms with E-state index < -0.39 is 0 Å². The van der Waals surface area contributed by atoms with Crippen molar-refractivity contribution in [2.24, 2.45) is 17.6 Å². The molecular formula is C16H23FN2O. The Balaban J connectivity index is 2.27. The predicted octanol–water partition coefficient (Wildman–Crippen LogP) is 2.72. The molecule has 0 spiro atoms. The van der Waals surface area contributed by atoms with E-state index in [0.29, 0.717) is 5.92 Å². The van der Waals surface area contributed by atoms with Gasteiger partial charge >= 0.3 is 0 Å². The standard InChI is InChI=1S/C16H23FN2O/c1-10-7-8-19(16(20)11(2)12(3)18)15(10)13-5-4-6-14(17)9-13/h4-6,9-12,15H,7-8,18H2,1-3H3. The van der Waals surface area contributed by atoms with E-state index in [4.69, 9.17) is 5.73 Å². The lowest BCUT2D eigenvalue weighted by molar-refractivity contribution is -0.136. The lowest BCUT2D eigenvalue weighted by Crippen LogP contribution is -2.41. The van der Waals surface area contributed by atoms with Gasteiger partial charge in [-0.2, -0.15) is 0 Å². The molecule has 0 aromatic heterocycles. The largest absolute Gasteiger partial charge is 0.335 e. The van der Waals surface area contributed by atoms with E-state index in [1.807, 2.05) is 24.8 Å². The molecule has 2 rings (SSSR count). The quantitative estimate of drug-likeness (QED) is 0.924. The van der Waals surface area contributed by atoms with Crippen LogP contribution in [0.4, 0.5) is 4.39 Å². The molecule has 0 saturated carbocycles. The molecule has 1 aliphatic heterocycles. The van der Waals surface area contributed by atoms with Crippen LogP contribution < -0.4 is 5.73 Å². The van der Waals surface area contributed by atoms with Crippen LogP contribution in [0.15, 0.2) is 24.3 Å². The van der Waals surface area contributed by atoms with E-state index in [0.717, 1.165) is 18.5 Å². The summed E-state index contributed by atoms with van der Waals surface area (Å²) in [6, 6.07) is 6.34. The third kappa shape index (κ3) is 2.85. The lowest BCUT2D eigenvalue weighted by atomic mass is 9.94. The highest BCUT2D eigenvalue weighted by Gasteiger charge is 2.37. The number of nitrogens with zero attached hydrogens (tertiary/aromatic N) is 1. The minimum absolute atomic E-state index is 0.0422. The molecule has 1 saturated heterocycles. The van der Waals surface area contributed by atoms with Crippen LogP contribution >= 0.6 is 0 Å². The Kier molecular flexibility index (Phi) is 4.43. The molecule has 1 aliphatic rings. The van der Waals surface area contributed by atoms with Crippen LogP contribution in [0.5, 0.6) is 0 Å². The summed E-state index contributed by atoms with van der Waals surface area (Å²) in [7, 11) is 0. The summed E-state index contributed by atoms with van der Waals surface area (Å²) in [6.45, 7) is 6.54. The molecule has 4 atom stereocenters. The molecule has 2 N–H and O–H groups in total. The van der Waals surface area contributed by atoms with E-state index in [2.05, 4.69) is 6.92 Å². The van der Waals surface area contributed by atoms with Crippen molar-refractivity contribution in [3.05, 3.63) is 35.6 Å². The molecule has 20 heavy (non-hydrogen) atoms. The van der Waals surface area contributed by atoms with Gasteiger partial charge in [0.2, 0.25) is 5.91 Å². The van der Waals surface area contributed by atoms with Crippen LogP contribution in [0.2, 0.25) is 0 Å². The molecule has 110 valence electrons. The van der Waals surface area contributed by atoms with Crippen molar-refractivity contribution in [2.75, 3.05) is 6.54 Å². The summed E-state index contributed by atoms with van der Waals surface area (Å²) < 4.78 is 13.4. The van der Waals surface area contributed by atoms with Crippen molar-refractivity contribution in [3.8, 4) is 0 Å². The number of rotatable bonds is 3. The van der Waals surface area contributed by atoms with Gasteiger partial charge in [0.05, 0.1) is 12.0 Å². The van der Waals surface area contributed by atoms with Gasteiger partial charge in [-0.25, -0.2) is 4.39 Å². The Morgan fingerprint density at radius 3 is 2.75 bits per heavy atom. The van der Waals surface area contributed by atoms with Crippen LogP contribution in [0.1, 0.15) is 38.8 Å². The molecule has 4 heteroatoms. The summed E-state index contributed by atoms with van der Waals surface area (Å²) in [6.07, 6.45) is 0.943. The van der Waals surface area contributed by atoms with Gasteiger partial charge < -0.3 is 10.6 Å². The van der Waals surface area contributed by atoms with E-state index >= 15 is 0 Å². The molecule has 1 aromatic rings. The minimum Gasteiger partial charge on any atom is -0.335 e. The number of carbonyl (C=O) groups is 1. The average molecular weight is 278 g/mol. The number of hydrogen-bond acceptors (Lipinski definition) is 2. The Morgan fingerprint density at radius 2 is 2.15 bits per heavy atom. The molecule has 0 radical (unpaired) electrons. The van der Waals surface area contributed by atoms with Gasteiger partial charge in [0, 0.05) is 12.6 Å². The molecule has 1 aromatic carbocycles. The molecule has 1 heterocycles. The summed E-state index contributed by atoms with van der Waals surface area (Å²) in [5.41, 5.74) is 6.72. The smallest absolute Gasteiger partial charge is 0.227 e. The fourth-order valence-electron chi connectivity index (χ4n) is 2.88. The first kappa shape index (κ1) is 15.0. The van der Waals surface area contributed by atoms with Gasteiger partial charge in [0.1, 0.15) is 5.82 Å². The van der Waals surface area contributed by atoms with E-state index in [1.165, 1.54) is 12.1 Å². The number of carbonyl (C=O) groups excluding carboxylic acids is 1. The average Bonchev–Trinajstić information content (AvgIpc) is 2.78. The number of nitrogens with two attached hydrogens (primary N) is 1. The van der Waals surface area contributed by atoms with Crippen LogP contribution in [0, 0.1) is 17.7 Å². The maximum atomic E-state index is 13.4. The van der Waals surface area contributed by atoms with Crippen LogP contribution in [-0.2, 0) is 4.79 Å². The zero-order valence-corrected chi connectivity index (χ0v) is 12.3. The molecule has 3 nitrogen and oxygen atoms in total. The van der Waals surface area contributed by atoms with E-state index in [9.17, 15) is 9.18 Å². The van der Waals surface area contributed by atoms with Crippen LogP contribution in [-0.4, -0.2) is 23.4 Å². The monoisotopic (exact) mass is 278 g/mol. The van der Waals surface area contributed by atoms with Gasteiger partial charge in [0.15, 0.2) is 0 Å². The minimum atomic E-state index is -0.255. The highest BCUT2D eigenvalue weighted by molar-refractivity contribution is 5.80. The normalized spacial score (nSPS) is 25.6. The number of likely N-dealkylation sites (tertiary alicyclic amines) is 1. The summed E-state index contributed by atoms with van der Waals surface area (Å²) in [5.74, 6) is -0.0646. The Labute approximate surface area is 120 Å². The first-order valence-electron chi connectivity index (χ1n) is 7.23. The molecule has 1 fully saturated rings. The predicted molar refractivity (Wildman–Crippen MR) is 77.4 cm³/mol. The maximum Gasteiger partial charge on any atom is 0.227 e. The third-order valence-corrected chi connectivity index (χ3v) is 4.35. The third-order valence-electron chi connectivity index (χ3n) is 4.35. The molecule has 4 unspecified atom stereocenters. The first-order chi connectivity index (χ1) is 9.41. The van der Waals surface area contributed by atoms with Gasteiger partial charge in [-0.05, 0) is 37.0 Å². The van der Waals surface area contributed by atoms with Gasteiger partial charge in [-0.15, -0.1) is 0 Å². The zero-order valence-electron chi connectivity index (χ0n) is 12.3. The first-order valence-corrected chi connectivity index (χ1v) is 7.23.